The van der Waals surface area contributed by atoms with Crippen LogP contribution in [0.5, 0.6) is 0 Å². The molecule has 0 aromatic carbocycles. The molecule has 4 nitrogen and oxygen atoms in total. The Morgan fingerprint density at radius 1 is 1.73 bits per heavy atom. The lowest BCUT2D eigenvalue weighted by atomic mass is 10.1. The Morgan fingerprint density at radius 3 is 2.27 bits per heavy atom. The summed E-state index contributed by atoms with van der Waals surface area (Å²) in [5.41, 5.74) is 5.19. The molecule has 0 spiro atoms. The molecule has 68 valence electrons. The Morgan fingerprint density at radius 2 is 2.18 bits per heavy atom. The third kappa shape index (κ3) is 4.19. The fraction of sp³-hybridized carbons (Fsp3) is 0.833. The Hall–Kier alpha value is -0.320. The van der Waals surface area contributed by atoms with Crippen LogP contribution in [0.25, 0.3) is 0 Å². The number of methoxy groups -OCH3 is 1. The van der Waals surface area contributed by atoms with Crippen molar-refractivity contribution in [1.29, 1.82) is 0 Å². The number of esters is 1. The maximum absolute atomic E-state index is 10.7. The quantitative estimate of drug-likeness (QED) is 0.581. The van der Waals surface area contributed by atoms with Gasteiger partial charge < -0.3 is 15.6 Å². The average molecular weight is 184 g/mol. The van der Waals surface area contributed by atoms with Gasteiger partial charge in [0.25, 0.3) is 0 Å². The zero-order valence-corrected chi connectivity index (χ0v) is 7.43. The fourth-order valence-corrected chi connectivity index (χ4v) is 0.641. The summed E-state index contributed by atoms with van der Waals surface area (Å²) in [5.74, 6) is -1.05. The van der Waals surface area contributed by atoms with Gasteiger partial charge >= 0.3 is 5.97 Å². The van der Waals surface area contributed by atoms with Gasteiger partial charge in [0.2, 0.25) is 0 Å². The summed E-state index contributed by atoms with van der Waals surface area (Å²) in [5, 5.41) is 8.93. The number of hydrogen-bond acceptors (Lipinski definition) is 4. The number of hydrogen-bond donors (Lipinski definition) is 2. The number of aliphatic hydroxyl groups is 1. The molecule has 3 N–H and O–H groups in total. The molecule has 0 aromatic heterocycles. The minimum Gasteiger partial charge on any atom is -0.469 e. The highest BCUT2D eigenvalue weighted by molar-refractivity contribution is 5.85. The molecule has 0 rings (SSSR count). The minimum absolute atomic E-state index is 0. The first-order valence-corrected chi connectivity index (χ1v) is 3.09. The second kappa shape index (κ2) is 6.39. The molecule has 0 heterocycles. The predicted molar refractivity (Wildman–Crippen MR) is 43.5 cm³/mol. The predicted octanol–water partition coefficient (Wildman–Crippen LogP) is -0.463. The van der Waals surface area contributed by atoms with Crippen molar-refractivity contribution < 1.29 is 14.6 Å². The topological polar surface area (TPSA) is 72.5 Å². The number of rotatable bonds is 3. The minimum atomic E-state index is -0.738. The van der Waals surface area contributed by atoms with E-state index in [2.05, 4.69) is 4.74 Å². The molecule has 2 atom stereocenters. The zero-order chi connectivity index (χ0) is 8.15. The van der Waals surface area contributed by atoms with E-state index in [0.29, 0.717) is 0 Å². The van der Waals surface area contributed by atoms with Gasteiger partial charge in [0.1, 0.15) is 0 Å². The van der Waals surface area contributed by atoms with Gasteiger partial charge in [0.15, 0.2) is 0 Å². The molecule has 0 fully saturated rings. The van der Waals surface area contributed by atoms with Crippen LogP contribution in [-0.2, 0) is 9.53 Å². The van der Waals surface area contributed by atoms with Crippen molar-refractivity contribution in [2.75, 3.05) is 13.7 Å². The van der Waals surface area contributed by atoms with E-state index < -0.39 is 18.0 Å². The van der Waals surface area contributed by atoms with E-state index in [1.165, 1.54) is 14.0 Å². The summed E-state index contributed by atoms with van der Waals surface area (Å²) in [7, 11) is 1.27. The Balaban J connectivity index is 0. The summed E-state index contributed by atoms with van der Waals surface area (Å²) in [4.78, 5) is 10.7. The van der Waals surface area contributed by atoms with Crippen LogP contribution in [0.2, 0.25) is 0 Å². The van der Waals surface area contributed by atoms with Crippen molar-refractivity contribution in [2.24, 2.45) is 11.7 Å². The standard InChI is InChI=1S/C6H13NO3.ClH/c1-4(8)5(3-7)6(9)10-2;/h4-5,8H,3,7H2,1-2H3;1H/t4-,5+;/m1./s1. The molecule has 0 aromatic rings. The normalized spacial score (nSPS) is 14.5. The lowest BCUT2D eigenvalue weighted by Gasteiger charge is -2.14. The van der Waals surface area contributed by atoms with E-state index in [9.17, 15) is 4.79 Å². The molecule has 0 amide bonds. The van der Waals surface area contributed by atoms with Gasteiger partial charge in [-0.25, -0.2) is 0 Å². The van der Waals surface area contributed by atoms with Gasteiger partial charge in [0.05, 0.1) is 19.1 Å². The van der Waals surface area contributed by atoms with E-state index >= 15 is 0 Å². The lowest BCUT2D eigenvalue weighted by molar-refractivity contribution is -0.148. The maximum Gasteiger partial charge on any atom is 0.312 e. The van der Waals surface area contributed by atoms with Crippen molar-refractivity contribution in [3.8, 4) is 0 Å². The van der Waals surface area contributed by atoms with Crippen LogP contribution in [0.1, 0.15) is 6.92 Å². The first-order chi connectivity index (χ1) is 4.63. The second-order valence-electron chi connectivity index (χ2n) is 2.11. The van der Waals surface area contributed by atoms with Crippen molar-refractivity contribution in [2.45, 2.75) is 13.0 Å². The summed E-state index contributed by atoms with van der Waals surface area (Å²) in [6.45, 7) is 1.62. The van der Waals surface area contributed by atoms with Crippen molar-refractivity contribution in [3.05, 3.63) is 0 Å². The Labute approximate surface area is 72.1 Å². The molecule has 0 saturated carbocycles. The molecule has 0 radical (unpaired) electrons. The van der Waals surface area contributed by atoms with E-state index in [-0.39, 0.29) is 19.0 Å². The second-order valence-corrected chi connectivity index (χ2v) is 2.11. The number of carbonyl (C=O) groups is 1. The van der Waals surface area contributed by atoms with Gasteiger partial charge in [0, 0.05) is 6.54 Å². The van der Waals surface area contributed by atoms with Crippen LogP contribution in [0.4, 0.5) is 0 Å². The summed E-state index contributed by atoms with van der Waals surface area (Å²) < 4.78 is 4.39. The largest absolute Gasteiger partial charge is 0.469 e. The molecule has 0 aliphatic rings. The number of aliphatic hydroxyl groups excluding tert-OH is 1. The van der Waals surface area contributed by atoms with E-state index in [1.54, 1.807) is 0 Å². The number of nitrogens with two attached hydrogens (primary N) is 1. The maximum atomic E-state index is 10.7. The van der Waals surface area contributed by atoms with Crippen LogP contribution >= 0.6 is 12.4 Å². The molecular formula is C6H14ClNO3. The molecule has 0 unspecified atom stereocenters. The van der Waals surface area contributed by atoms with Crippen LogP contribution in [0.3, 0.4) is 0 Å². The summed E-state index contributed by atoms with van der Waals surface area (Å²) in [6, 6.07) is 0. The number of halogens is 1. The van der Waals surface area contributed by atoms with E-state index in [0.717, 1.165) is 0 Å². The lowest BCUT2D eigenvalue weighted by Crippen LogP contribution is -2.33. The molecule has 0 aliphatic heterocycles. The van der Waals surface area contributed by atoms with Crippen LogP contribution < -0.4 is 5.73 Å². The molecule has 0 saturated heterocycles. The highest BCUT2D eigenvalue weighted by Crippen LogP contribution is 2.02. The fourth-order valence-electron chi connectivity index (χ4n) is 0.641. The third-order valence-corrected chi connectivity index (χ3v) is 1.34. The first kappa shape index (κ1) is 13.3. The molecule has 5 heteroatoms. The van der Waals surface area contributed by atoms with Gasteiger partial charge in [-0.3, -0.25) is 4.79 Å². The van der Waals surface area contributed by atoms with E-state index in [1.807, 2.05) is 0 Å². The van der Waals surface area contributed by atoms with Crippen LogP contribution in [0.15, 0.2) is 0 Å². The van der Waals surface area contributed by atoms with Crippen LogP contribution in [0, 0.1) is 5.92 Å². The zero-order valence-electron chi connectivity index (χ0n) is 6.61. The average Bonchev–Trinajstić information content (AvgIpc) is 1.88. The number of carbonyl (C=O) groups excluding carboxylic acids is 1. The smallest absolute Gasteiger partial charge is 0.312 e. The van der Waals surface area contributed by atoms with Crippen molar-refractivity contribution >= 4 is 18.4 Å². The van der Waals surface area contributed by atoms with Gasteiger partial charge in [-0.1, -0.05) is 0 Å². The van der Waals surface area contributed by atoms with Gasteiger partial charge in [-0.05, 0) is 6.92 Å². The van der Waals surface area contributed by atoms with Gasteiger partial charge in [-0.15, -0.1) is 12.4 Å². The van der Waals surface area contributed by atoms with Crippen molar-refractivity contribution in [3.63, 3.8) is 0 Å². The Bertz CT molecular complexity index is 118. The van der Waals surface area contributed by atoms with E-state index in [4.69, 9.17) is 10.8 Å². The van der Waals surface area contributed by atoms with Crippen LogP contribution in [-0.4, -0.2) is 30.8 Å². The van der Waals surface area contributed by atoms with Gasteiger partial charge in [-0.2, -0.15) is 0 Å². The number of ether oxygens (including phenoxy) is 1. The monoisotopic (exact) mass is 183 g/mol. The molecule has 11 heavy (non-hydrogen) atoms. The van der Waals surface area contributed by atoms with Crippen molar-refractivity contribution in [1.82, 2.24) is 0 Å². The molecule has 0 bridgehead atoms. The highest BCUT2D eigenvalue weighted by Gasteiger charge is 2.22. The summed E-state index contributed by atoms with van der Waals surface area (Å²) >= 11 is 0. The first-order valence-electron chi connectivity index (χ1n) is 3.09. The summed E-state index contributed by atoms with van der Waals surface area (Å²) in [6.07, 6.45) is -0.738. The SMILES string of the molecule is COC(=O)[C@@H](CN)[C@@H](C)O.Cl. The Kier molecular flexibility index (Phi) is 7.72. The third-order valence-electron chi connectivity index (χ3n) is 1.34. The highest BCUT2D eigenvalue weighted by atomic mass is 35.5. The molecular weight excluding hydrogens is 170 g/mol. The molecule has 0 aliphatic carbocycles.